The number of aldehydes is 1. The number of likely N-dealkylation sites (tertiary alicyclic amines) is 1. The SMILES string of the molecule is CC1CN(C(C)C=O)CC1C. The van der Waals surface area contributed by atoms with Gasteiger partial charge < -0.3 is 4.79 Å². The average Bonchev–Trinajstić information content (AvgIpc) is 2.31. The van der Waals surface area contributed by atoms with Crippen molar-refractivity contribution in [3.05, 3.63) is 0 Å². The van der Waals surface area contributed by atoms with Crippen molar-refractivity contribution in [2.45, 2.75) is 26.8 Å². The average molecular weight is 155 g/mol. The Balaban J connectivity index is 2.46. The molecule has 0 spiro atoms. The smallest absolute Gasteiger partial charge is 0.136 e. The first kappa shape index (κ1) is 8.72. The lowest BCUT2D eigenvalue weighted by atomic mass is 10.0. The Morgan fingerprint density at radius 2 is 1.82 bits per heavy atom. The first-order valence-electron chi connectivity index (χ1n) is 4.34. The van der Waals surface area contributed by atoms with Gasteiger partial charge >= 0.3 is 0 Å². The number of hydrogen-bond acceptors (Lipinski definition) is 2. The molecule has 1 fully saturated rings. The third-order valence-electron chi connectivity index (χ3n) is 2.79. The molecule has 0 aromatic carbocycles. The van der Waals surface area contributed by atoms with Crippen LogP contribution in [-0.2, 0) is 4.79 Å². The molecule has 3 atom stereocenters. The summed E-state index contributed by atoms with van der Waals surface area (Å²) in [6, 6.07) is 0.113. The summed E-state index contributed by atoms with van der Waals surface area (Å²) in [7, 11) is 0. The van der Waals surface area contributed by atoms with E-state index in [0.29, 0.717) is 0 Å². The lowest BCUT2D eigenvalue weighted by Crippen LogP contribution is -2.32. The molecule has 0 aromatic rings. The van der Waals surface area contributed by atoms with Gasteiger partial charge in [0.2, 0.25) is 0 Å². The highest BCUT2D eigenvalue weighted by molar-refractivity contribution is 5.56. The van der Waals surface area contributed by atoms with Crippen molar-refractivity contribution in [2.75, 3.05) is 13.1 Å². The van der Waals surface area contributed by atoms with Gasteiger partial charge in [0.25, 0.3) is 0 Å². The fourth-order valence-electron chi connectivity index (χ4n) is 1.59. The van der Waals surface area contributed by atoms with Crippen molar-refractivity contribution in [3.8, 4) is 0 Å². The predicted molar refractivity (Wildman–Crippen MR) is 45.4 cm³/mol. The molecular formula is C9H17NO. The van der Waals surface area contributed by atoms with Crippen molar-refractivity contribution in [1.82, 2.24) is 4.90 Å². The molecule has 0 aromatic heterocycles. The maximum absolute atomic E-state index is 10.5. The standard InChI is InChI=1S/C9H17NO/c1-7-4-10(5-8(7)2)9(3)6-11/h6-9H,4-5H2,1-3H3. The molecule has 0 bridgehead atoms. The summed E-state index contributed by atoms with van der Waals surface area (Å²) in [6.45, 7) is 8.64. The molecular weight excluding hydrogens is 138 g/mol. The Morgan fingerprint density at radius 3 is 2.18 bits per heavy atom. The molecule has 1 saturated heterocycles. The van der Waals surface area contributed by atoms with Crippen molar-refractivity contribution >= 4 is 6.29 Å². The first-order chi connectivity index (χ1) is 5.15. The van der Waals surface area contributed by atoms with Crippen LogP contribution in [-0.4, -0.2) is 30.3 Å². The van der Waals surface area contributed by atoms with Gasteiger partial charge in [-0.15, -0.1) is 0 Å². The van der Waals surface area contributed by atoms with Crippen LogP contribution < -0.4 is 0 Å². The molecule has 0 radical (unpaired) electrons. The molecule has 64 valence electrons. The van der Waals surface area contributed by atoms with Crippen molar-refractivity contribution in [3.63, 3.8) is 0 Å². The fraction of sp³-hybridized carbons (Fsp3) is 0.889. The number of nitrogens with zero attached hydrogens (tertiary/aromatic N) is 1. The number of hydrogen-bond donors (Lipinski definition) is 0. The summed E-state index contributed by atoms with van der Waals surface area (Å²) in [4.78, 5) is 12.7. The maximum Gasteiger partial charge on any atom is 0.136 e. The molecule has 11 heavy (non-hydrogen) atoms. The highest BCUT2D eigenvalue weighted by atomic mass is 16.1. The minimum absolute atomic E-state index is 0.113. The second-order valence-electron chi connectivity index (χ2n) is 3.79. The highest BCUT2D eigenvalue weighted by Crippen LogP contribution is 2.22. The maximum atomic E-state index is 10.5. The minimum atomic E-state index is 0.113. The Labute approximate surface area is 68.6 Å². The zero-order chi connectivity index (χ0) is 8.43. The van der Waals surface area contributed by atoms with Crippen LogP contribution in [0.15, 0.2) is 0 Å². The summed E-state index contributed by atoms with van der Waals surface area (Å²) in [5, 5.41) is 0. The summed E-state index contributed by atoms with van der Waals surface area (Å²) in [5.74, 6) is 1.50. The largest absolute Gasteiger partial charge is 0.302 e. The summed E-state index contributed by atoms with van der Waals surface area (Å²) < 4.78 is 0. The second-order valence-corrected chi connectivity index (χ2v) is 3.79. The molecule has 0 saturated carbocycles. The van der Waals surface area contributed by atoms with E-state index in [4.69, 9.17) is 0 Å². The Bertz CT molecular complexity index is 136. The zero-order valence-electron chi connectivity index (χ0n) is 7.58. The van der Waals surface area contributed by atoms with E-state index >= 15 is 0 Å². The fourth-order valence-corrected chi connectivity index (χ4v) is 1.59. The van der Waals surface area contributed by atoms with Crippen molar-refractivity contribution in [1.29, 1.82) is 0 Å². The number of carbonyl (C=O) groups is 1. The van der Waals surface area contributed by atoms with Crippen LogP contribution >= 0.6 is 0 Å². The molecule has 2 nitrogen and oxygen atoms in total. The molecule has 1 heterocycles. The quantitative estimate of drug-likeness (QED) is 0.558. The monoisotopic (exact) mass is 155 g/mol. The van der Waals surface area contributed by atoms with Gasteiger partial charge in [-0.1, -0.05) is 13.8 Å². The predicted octanol–water partition coefficient (Wildman–Crippen LogP) is 1.16. The van der Waals surface area contributed by atoms with E-state index in [1.807, 2.05) is 6.92 Å². The molecule has 3 unspecified atom stereocenters. The van der Waals surface area contributed by atoms with Gasteiger partial charge in [0.1, 0.15) is 6.29 Å². The molecule has 1 rings (SSSR count). The topological polar surface area (TPSA) is 20.3 Å². The van der Waals surface area contributed by atoms with Crippen LogP contribution in [0.3, 0.4) is 0 Å². The van der Waals surface area contributed by atoms with Crippen LogP contribution in [0, 0.1) is 11.8 Å². The van der Waals surface area contributed by atoms with E-state index < -0.39 is 0 Å². The highest BCUT2D eigenvalue weighted by Gasteiger charge is 2.28. The van der Waals surface area contributed by atoms with Gasteiger partial charge in [-0.3, -0.25) is 4.90 Å². The third-order valence-corrected chi connectivity index (χ3v) is 2.79. The van der Waals surface area contributed by atoms with Crippen molar-refractivity contribution in [2.24, 2.45) is 11.8 Å². The van der Waals surface area contributed by atoms with E-state index in [1.54, 1.807) is 0 Å². The number of rotatable bonds is 2. The lowest BCUT2D eigenvalue weighted by Gasteiger charge is -2.18. The Kier molecular flexibility index (Phi) is 2.66. The Hall–Kier alpha value is -0.370. The van der Waals surface area contributed by atoms with Gasteiger partial charge in [0.15, 0.2) is 0 Å². The van der Waals surface area contributed by atoms with E-state index in [9.17, 15) is 4.79 Å². The lowest BCUT2D eigenvalue weighted by molar-refractivity contribution is -0.111. The molecule has 2 heteroatoms. The third kappa shape index (κ3) is 1.80. The molecule has 0 aliphatic carbocycles. The zero-order valence-corrected chi connectivity index (χ0v) is 7.58. The summed E-state index contributed by atoms with van der Waals surface area (Å²) in [6.07, 6.45) is 1.03. The van der Waals surface area contributed by atoms with Gasteiger partial charge in [0.05, 0.1) is 6.04 Å². The molecule has 1 aliphatic heterocycles. The summed E-state index contributed by atoms with van der Waals surface area (Å²) >= 11 is 0. The molecule has 0 amide bonds. The van der Waals surface area contributed by atoms with Crippen molar-refractivity contribution < 1.29 is 4.79 Å². The normalized spacial score (nSPS) is 35.5. The van der Waals surface area contributed by atoms with Crippen LogP contribution in [0.1, 0.15) is 20.8 Å². The van der Waals surface area contributed by atoms with E-state index in [-0.39, 0.29) is 6.04 Å². The molecule has 0 N–H and O–H groups in total. The van der Waals surface area contributed by atoms with Crippen LogP contribution in [0.2, 0.25) is 0 Å². The van der Waals surface area contributed by atoms with Crippen LogP contribution in [0.5, 0.6) is 0 Å². The van der Waals surface area contributed by atoms with Gasteiger partial charge in [-0.2, -0.15) is 0 Å². The minimum Gasteiger partial charge on any atom is -0.302 e. The number of carbonyl (C=O) groups excluding carboxylic acids is 1. The Morgan fingerprint density at radius 1 is 1.36 bits per heavy atom. The van der Waals surface area contributed by atoms with E-state index in [0.717, 1.165) is 31.2 Å². The summed E-state index contributed by atoms with van der Waals surface area (Å²) in [5.41, 5.74) is 0. The van der Waals surface area contributed by atoms with Gasteiger partial charge in [-0.05, 0) is 18.8 Å². The first-order valence-corrected chi connectivity index (χ1v) is 4.34. The molecule has 1 aliphatic rings. The van der Waals surface area contributed by atoms with E-state index in [2.05, 4.69) is 18.7 Å². The van der Waals surface area contributed by atoms with Crippen LogP contribution in [0.4, 0.5) is 0 Å². The van der Waals surface area contributed by atoms with E-state index in [1.165, 1.54) is 0 Å². The van der Waals surface area contributed by atoms with Gasteiger partial charge in [-0.25, -0.2) is 0 Å². The van der Waals surface area contributed by atoms with Gasteiger partial charge in [0, 0.05) is 13.1 Å². The second kappa shape index (κ2) is 3.35. The van der Waals surface area contributed by atoms with Crippen LogP contribution in [0.25, 0.3) is 0 Å².